The van der Waals surface area contributed by atoms with E-state index in [9.17, 15) is 4.79 Å². The summed E-state index contributed by atoms with van der Waals surface area (Å²) in [6, 6.07) is 17.8. The highest BCUT2D eigenvalue weighted by molar-refractivity contribution is 7.80. The first-order chi connectivity index (χ1) is 13.1. The Balaban J connectivity index is 1.34. The number of aromatic nitrogens is 1. The highest BCUT2D eigenvalue weighted by atomic mass is 35.5. The van der Waals surface area contributed by atoms with Gasteiger partial charge in [-0.25, -0.2) is 0 Å². The van der Waals surface area contributed by atoms with Gasteiger partial charge in [-0.3, -0.25) is 15.6 Å². The van der Waals surface area contributed by atoms with Crippen molar-refractivity contribution >= 4 is 45.7 Å². The van der Waals surface area contributed by atoms with E-state index in [0.29, 0.717) is 24.6 Å². The van der Waals surface area contributed by atoms with Crippen molar-refractivity contribution < 1.29 is 4.79 Å². The Kier molecular flexibility index (Phi) is 6.68. The van der Waals surface area contributed by atoms with Gasteiger partial charge in [-0.15, -0.1) is 0 Å². The van der Waals surface area contributed by atoms with Crippen molar-refractivity contribution in [1.82, 2.24) is 20.7 Å². The number of carbonyl (C=O) groups excluding carboxylic acids is 1. The van der Waals surface area contributed by atoms with Gasteiger partial charge < -0.3 is 9.88 Å². The lowest BCUT2D eigenvalue weighted by Crippen LogP contribution is -2.47. The topological polar surface area (TPSA) is 58.1 Å². The van der Waals surface area contributed by atoms with E-state index >= 15 is 0 Å². The Morgan fingerprint density at radius 2 is 1.81 bits per heavy atom. The van der Waals surface area contributed by atoms with Crippen LogP contribution in [-0.4, -0.2) is 22.1 Å². The SMILES string of the molecule is O=C(CCn1ccc2ccccc21)NNC(=S)NCCc1ccc(Cl)cc1. The zero-order valence-electron chi connectivity index (χ0n) is 14.7. The predicted octanol–water partition coefficient (Wildman–Crippen LogP) is 3.42. The molecule has 0 saturated heterocycles. The number of rotatable bonds is 6. The van der Waals surface area contributed by atoms with Crippen LogP contribution in [0.25, 0.3) is 10.9 Å². The number of nitrogens with one attached hydrogen (secondary N) is 3. The Labute approximate surface area is 168 Å². The Hall–Kier alpha value is -2.57. The average Bonchev–Trinajstić information content (AvgIpc) is 3.09. The molecule has 0 radical (unpaired) electrons. The minimum absolute atomic E-state index is 0.116. The molecule has 0 saturated carbocycles. The summed E-state index contributed by atoms with van der Waals surface area (Å²) in [4.78, 5) is 12.0. The van der Waals surface area contributed by atoms with Gasteiger partial charge in [0.25, 0.3) is 0 Å². The second-order valence-electron chi connectivity index (χ2n) is 6.12. The maximum absolute atomic E-state index is 12.0. The predicted molar refractivity (Wildman–Crippen MR) is 114 cm³/mol. The summed E-state index contributed by atoms with van der Waals surface area (Å²) >= 11 is 11.0. The number of carbonyl (C=O) groups is 1. The van der Waals surface area contributed by atoms with Crippen LogP contribution in [-0.2, 0) is 17.8 Å². The molecule has 0 aliphatic heterocycles. The van der Waals surface area contributed by atoms with E-state index in [1.807, 2.05) is 54.7 Å². The zero-order valence-corrected chi connectivity index (χ0v) is 16.3. The van der Waals surface area contributed by atoms with E-state index in [-0.39, 0.29) is 5.91 Å². The van der Waals surface area contributed by atoms with E-state index in [0.717, 1.165) is 22.5 Å². The molecule has 0 unspecified atom stereocenters. The minimum Gasteiger partial charge on any atom is -0.361 e. The van der Waals surface area contributed by atoms with E-state index in [4.69, 9.17) is 23.8 Å². The smallest absolute Gasteiger partial charge is 0.240 e. The number of nitrogens with zero attached hydrogens (tertiary/aromatic N) is 1. The Bertz CT molecular complexity index is 923. The van der Waals surface area contributed by atoms with E-state index in [1.54, 1.807) is 0 Å². The molecule has 0 fully saturated rings. The highest BCUT2D eigenvalue weighted by Crippen LogP contribution is 2.15. The number of fused-ring (bicyclic) bond motifs is 1. The standard InChI is InChI=1S/C20H21ClN4OS/c21-17-7-5-15(6-8-17)9-12-22-20(27)24-23-19(26)11-14-25-13-10-16-3-1-2-4-18(16)25/h1-8,10,13H,9,11-12,14H2,(H,23,26)(H2,22,24,27). The molecule has 0 aliphatic carbocycles. The maximum Gasteiger partial charge on any atom is 0.240 e. The largest absolute Gasteiger partial charge is 0.361 e. The van der Waals surface area contributed by atoms with E-state index in [2.05, 4.69) is 26.8 Å². The van der Waals surface area contributed by atoms with Gasteiger partial charge >= 0.3 is 0 Å². The molecule has 7 heteroatoms. The third-order valence-electron chi connectivity index (χ3n) is 4.19. The van der Waals surface area contributed by atoms with Gasteiger partial charge in [0, 0.05) is 36.2 Å². The van der Waals surface area contributed by atoms with Gasteiger partial charge in [0.1, 0.15) is 0 Å². The van der Waals surface area contributed by atoms with Crippen molar-refractivity contribution in [3.8, 4) is 0 Å². The van der Waals surface area contributed by atoms with Crippen LogP contribution in [0.2, 0.25) is 5.02 Å². The molecule has 1 heterocycles. The van der Waals surface area contributed by atoms with E-state index < -0.39 is 0 Å². The van der Waals surface area contributed by atoms with Crippen LogP contribution in [0.4, 0.5) is 0 Å². The van der Waals surface area contributed by atoms with Crippen LogP contribution in [0, 0.1) is 0 Å². The molecule has 0 bridgehead atoms. The third-order valence-corrected chi connectivity index (χ3v) is 4.69. The lowest BCUT2D eigenvalue weighted by Gasteiger charge is -2.12. The van der Waals surface area contributed by atoms with Gasteiger partial charge in [-0.05, 0) is 53.9 Å². The van der Waals surface area contributed by atoms with Gasteiger partial charge in [0.15, 0.2) is 5.11 Å². The van der Waals surface area contributed by atoms with Crippen molar-refractivity contribution in [3.63, 3.8) is 0 Å². The number of para-hydroxylation sites is 1. The highest BCUT2D eigenvalue weighted by Gasteiger charge is 2.05. The van der Waals surface area contributed by atoms with Crippen molar-refractivity contribution in [3.05, 3.63) is 71.4 Å². The number of benzene rings is 2. The molecular weight excluding hydrogens is 380 g/mol. The quantitative estimate of drug-likeness (QED) is 0.438. The van der Waals surface area contributed by atoms with Crippen molar-refractivity contribution in [2.45, 2.75) is 19.4 Å². The fourth-order valence-corrected chi connectivity index (χ4v) is 3.04. The molecule has 5 nitrogen and oxygen atoms in total. The molecule has 140 valence electrons. The van der Waals surface area contributed by atoms with Gasteiger partial charge in [-0.2, -0.15) is 0 Å². The molecule has 3 rings (SSSR count). The van der Waals surface area contributed by atoms with Crippen LogP contribution in [0.1, 0.15) is 12.0 Å². The first-order valence-electron chi connectivity index (χ1n) is 8.73. The first-order valence-corrected chi connectivity index (χ1v) is 9.51. The summed E-state index contributed by atoms with van der Waals surface area (Å²) in [6.45, 7) is 1.27. The van der Waals surface area contributed by atoms with E-state index in [1.165, 1.54) is 5.39 Å². The monoisotopic (exact) mass is 400 g/mol. The van der Waals surface area contributed by atoms with Crippen LogP contribution < -0.4 is 16.2 Å². The molecule has 2 aromatic carbocycles. The lowest BCUT2D eigenvalue weighted by molar-refractivity contribution is -0.121. The molecule has 0 aliphatic rings. The Morgan fingerprint density at radius 3 is 2.63 bits per heavy atom. The molecule has 27 heavy (non-hydrogen) atoms. The van der Waals surface area contributed by atoms with Crippen molar-refractivity contribution in [1.29, 1.82) is 0 Å². The summed E-state index contributed by atoms with van der Waals surface area (Å²) in [5, 5.41) is 5.35. The normalized spacial score (nSPS) is 10.6. The molecular formula is C20H21ClN4OS. The molecule has 0 atom stereocenters. The van der Waals surface area contributed by atoms with Crippen LogP contribution in [0.15, 0.2) is 60.8 Å². The van der Waals surface area contributed by atoms with Crippen molar-refractivity contribution in [2.24, 2.45) is 0 Å². The summed E-state index contributed by atoms with van der Waals surface area (Å²) < 4.78 is 2.07. The zero-order chi connectivity index (χ0) is 19.1. The molecule has 3 N–H and O–H groups in total. The summed E-state index contributed by atoms with van der Waals surface area (Å²) in [5.41, 5.74) is 7.65. The Morgan fingerprint density at radius 1 is 1.04 bits per heavy atom. The lowest BCUT2D eigenvalue weighted by atomic mass is 10.1. The van der Waals surface area contributed by atoms with Crippen molar-refractivity contribution in [2.75, 3.05) is 6.54 Å². The summed E-state index contributed by atoms with van der Waals surface area (Å²) in [5.74, 6) is -0.116. The molecule has 3 aromatic rings. The number of amides is 1. The number of hydrogen-bond donors (Lipinski definition) is 3. The third kappa shape index (κ3) is 5.70. The van der Waals surface area contributed by atoms with Gasteiger partial charge in [0.2, 0.25) is 5.91 Å². The number of halogens is 1. The summed E-state index contributed by atoms with van der Waals surface area (Å²) in [7, 11) is 0. The minimum atomic E-state index is -0.116. The van der Waals surface area contributed by atoms with Crippen LogP contribution >= 0.6 is 23.8 Å². The maximum atomic E-state index is 12.0. The second kappa shape index (κ2) is 9.39. The van der Waals surface area contributed by atoms with Gasteiger partial charge in [-0.1, -0.05) is 41.9 Å². The van der Waals surface area contributed by atoms with Gasteiger partial charge in [0.05, 0.1) is 0 Å². The average molecular weight is 401 g/mol. The number of hydrogen-bond acceptors (Lipinski definition) is 2. The first kappa shape index (κ1) is 19.2. The summed E-state index contributed by atoms with van der Waals surface area (Å²) in [6.07, 6.45) is 3.17. The number of thiocarbonyl (C=S) groups is 1. The molecule has 0 spiro atoms. The molecule has 1 aromatic heterocycles. The van der Waals surface area contributed by atoms with Crippen LogP contribution in [0.5, 0.6) is 0 Å². The number of hydrazine groups is 1. The second-order valence-corrected chi connectivity index (χ2v) is 6.97. The number of aryl methyl sites for hydroxylation is 1. The fourth-order valence-electron chi connectivity index (χ4n) is 2.76. The van der Waals surface area contributed by atoms with Crippen LogP contribution in [0.3, 0.4) is 0 Å². The fraction of sp³-hybridized carbons (Fsp3) is 0.200. The molecule has 1 amide bonds.